The highest BCUT2D eigenvalue weighted by molar-refractivity contribution is 6.24. The largest absolute Gasteiger partial charge is 0.348 e. The van der Waals surface area contributed by atoms with Gasteiger partial charge in [0.15, 0.2) is 0 Å². The number of aryl methyl sites for hydroxylation is 2. The Balaban J connectivity index is 1.84. The quantitative estimate of drug-likeness (QED) is 0.475. The Morgan fingerprint density at radius 2 is 1.79 bits per heavy atom. The summed E-state index contributed by atoms with van der Waals surface area (Å²) in [6.07, 6.45) is 0. The molecule has 2 atom stereocenters. The zero-order valence-electron chi connectivity index (χ0n) is 16.6. The summed E-state index contributed by atoms with van der Waals surface area (Å²) < 4.78 is 0. The molecule has 2 aromatic rings. The van der Waals surface area contributed by atoms with Gasteiger partial charge in [-0.05, 0) is 44.9 Å². The number of imide groups is 1. The van der Waals surface area contributed by atoms with Crippen LogP contribution in [0.5, 0.6) is 0 Å². The van der Waals surface area contributed by atoms with Crippen molar-refractivity contribution in [1.29, 1.82) is 0 Å². The summed E-state index contributed by atoms with van der Waals surface area (Å²) in [6.45, 7) is 7.13. The van der Waals surface area contributed by atoms with Crippen molar-refractivity contribution in [3.8, 4) is 0 Å². The molecule has 150 valence electrons. The molecule has 0 radical (unpaired) electrons. The standard InChI is InChI=1S/C21H21N3O5/c1-11-8-9-12(2)16(10-11)13(3)22-19(25)14(4)23-20(26)15-6-5-7-17(24(28)29)18(15)21(23)27/h5-10,13-14H,1-4H3,(H,22,25). The number of carbonyl (C=O) groups excluding carboxylic acids is 3. The summed E-state index contributed by atoms with van der Waals surface area (Å²) in [7, 11) is 0. The summed E-state index contributed by atoms with van der Waals surface area (Å²) >= 11 is 0. The molecular formula is C21H21N3O5. The van der Waals surface area contributed by atoms with E-state index in [-0.39, 0.29) is 17.2 Å². The van der Waals surface area contributed by atoms with Crippen LogP contribution in [-0.2, 0) is 4.79 Å². The van der Waals surface area contributed by atoms with Crippen LogP contribution >= 0.6 is 0 Å². The van der Waals surface area contributed by atoms with Gasteiger partial charge in [0.05, 0.1) is 16.5 Å². The molecular weight excluding hydrogens is 374 g/mol. The third-order valence-corrected chi connectivity index (χ3v) is 5.15. The molecule has 1 aliphatic heterocycles. The van der Waals surface area contributed by atoms with Gasteiger partial charge in [-0.15, -0.1) is 0 Å². The second-order valence-corrected chi connectivity index (χ2v) is 7.20. The maximum atomic E-state index is 12.8. The Hall–Kier alpha value is -3.55. The van der Waals surface area contributed by atoms with Gasteiger partial charge < -0.3 is 5.32 Å². The van der Waals surface area contributed by atoms with Gasteiger partial charge in [0, 0.05) is 6.07 Å². The lowest BCUT2D eigenvalue weighted by atomic mass is 10.00. The van der Waals surface area contributed by atoms with Gasteiger partial charge in [-0.25, -0.2) is 0 Å². The van der Waals surface area contributed by atoms with E-state index in [1.165, 1.54) is 25.1 Å². The summed E-state index contributed by atoms with van der Waals surface area (Å²) in [4.78, 5) is 49.5. The Labute approximate surface area is 167 Å². The van der Waals surface area contributed by atoms with Crippen LogP contribution in [0.3, 0.4) is 0 Å². The summed E-state index contributed by atoms with van der Waals surface area (Å²) in [5, 5.41) is 14.1. The highest BCUT2D eigenvalue weighted by Crippen LogP contribution is 2.32. The van der Waals surface area contributed by atoms with Crippen molar-refractivity contribution in [3.05, 3.63) is 74.3 Å². The number of amides is 3. The highest BCUT2D eigenvalue weighted by atomic mass is 16.6. The monoisotopic (exact) mass is 395 g/mol. The topological polar surface area (TPSA) is 110 Å². The van der Waals surface area contributed by atoms with Crippen molar-refractivity contribution in [2.45, 2.75) is 39.8 Å². The van der Waals surface area contributed by atoms with Gasteiger partial charge >= 0.3 is 0 Å². The van der Waals surface area contributed by atoms with E-state index in [4.69, 9.17) is 0 Å². The van der Waals surface area contributed by atoms with Crippen LogP contribution in [0.4, 0.5) is 5.69 Å². The average Bonchev–Trinajstić information content (AvgIpc) is 2.93. The molecule has 1 N–H and O–H groups in total. The Bertz CT molecular complexity index is 1050. The fourth-order valence-electron chi connectivity index (χ4n) is 3.54. The Kier molecular flexibility index (Phi) is 5.19. The first-order valence-electron chi connectivity index (χ1n) is 9.16. The molecule has 1 aliphatic rings. The van der Waals surface area contributed by atoms with Gasteiger partial charge in [-0.2, -0.15) is 0 Å². The molecule has 8 nitrogen and oxygen atoms in total. The van der Waals surface area contributed by atoms with Crippen molar-refractivity contribution < 1.29 is 19.3 Å². The predicted octanol–water partition coefficient (Wildman–Crippen LogP) is 3.07. The lowest BCUT2D eigenvalue weighted by molar-refractivity contribution is -0.385. The van der Waals surface area contributed by atoms with Crippen LogP contribution in [0.1, 0.15) is 57.3 Å². The van der Waals surface area contributed by atoms with E-state index < -0.39 is 34.4 Å². The minimum absolute atomic E-state index is 0.0635. The van der Waals surface area contributed by atoms with E-state index >= 15 is 0 Å². The van der Waals surface area contributed by atoms with E-state index in [0.29, 0.717) is 0 Å². The van der Waals surface area contributed by atoms with Gasteiger partial charge in [0.2, 0.25) is 5.91 Å². The van der Waals surface area contributed by atoms with E-state index in [9.17, 15) is 24.5 Å². The van der Waals surface area contributed by atoms with Crippen molar-refractivity contribution in [1.82, 2.24) is 10.2 Å². The predicted molar refractivity (Wildman–Crippen MR) is 106 cm³/mol. The number of nitrogens with one attached hydrogen (secondary N) is 1. The smallest absolute Gasteiger partial charge is 0.282 e. The van der Waals surface area contributed by atoms with Crippen LogP contribution in [0.25, 0.3) is 0 Å². The number of rotatable bonds is 5. The third kappa shape index (κ3) is 3.49. The third-order valence-electron chi connectivity index (χ3n) is 5.15. The van der Waals surface area contributed by atoms with Crippen molar-refractivity contribution in [3.63, 3.8) is 0 Å². The molecule has 1 heterocycles. The van der Waals surface area contributed by atoms with E-state index in [1.54, 1.807) is 0 Å². The highest BCUT2D eigenvalue weighted by Gasteiger charge is 2.45. The number of nitro benzene ring substituents is 1. The fraction of sp³-hybridized carbons (Fsp3) is 0.286. The van der Waals surface area contributed by atoms with E-state index in [0.717, 1.165) is 21.6 Å². The normalized spacial score (nSPS) is 15.1. The second-order valence-electron chi connectivity index (χ2n) is 7.20. The zero-order valence-corrected chi connectivity index (χ0v) is 16.6. The number of fused-ring (bicyclic) bond motifs is 1. The molecule has 29 heavy (non-hydrogen) atoms. The van der Waals surface area contributed by atoms with Crippen molar-refractivity contribution in [2.75, 3.05) is 0 Å². The molecule has 8 heteroatoms. The van der Waals surface area contributed by atoms with E-state index in [2.05, 4.69) is 5.32 Å². The lowest BCUT2D eigenvalue weighted by Gasteiger charge is -2.24. The average molecular weight is 395 g/mol. The number of carbonyl (C=O) groups is 3. The van der Waals surface area contributed by atoms with Gasteiger partial charge in [0.25, 0.3) is 17.5 Å². The molecule has 0 aromatic heterocycles. The molecule has 3 amide bonds. The van der Waals surface area contributed by atoms with Crippen LogP contribution in [-0.4, -0.2) is 33.6 Å². The summed E-state index contributed by atoms with van der Waals surface area (Å²) in [5.74, 6) is -2.06. The first-order chi connectivity index (χ1) is 13.6. The maximum absolute atomic E-state index is 12.8. The van der Waals surface area contributed by atoms with Gasteiger partial charge in [-0.3, -0.25) is 29.4 Å². The Morgan fingerprint density at radius 3 is 2.45 bits per heavy atom. The first kappa shape index (κ1) is 20.2. The zero-order chi connectivity index (χ0) is 21.5. The molecule has 0 aliphatic carbocycles. The van der Waals surface area contributed by atoms with Crippen LogP contribution in [0.2, 0.25) is 0 Å². The summed E-state index contributed by atoms with van der Waals surface area (Å²) in [6, 6.07) is 8.31. The summed E-state index contributed by atoms with van der Waals surface area (Å²) in [5.41, 5.74) is 2.21. The minimum Gasteiger partial charge on any atom is -0.348 e. The number of hydrogen-bond donors (Lipinski definition) is 1. The molecule has 2 aromatic carbocycles. The van der Waals surface area contributed by atoms with Crippen molar-refractivity contribution in [2.24, 2.45) is 0 Å². The van der Waals surface area contributed by atoms with Gasteiger partial charge in [0.1, 0.15) is 11.6 Å². The fourth-order valence-corrected chi connectivity index (χ4v) is 3.54. The molecule has 0 saturated heterocycles. The molecule has 0 spiro atoms. The molecule has 0 fully saturated rings. The number of nitro groups is 1. The molecule has 0 saturated carbocycles. The SMILES string of the molecule is Cc1ccc(C)c(C(C)NC(=O)C(C)N2C(=O)c3cccc([N+](=O)[O-])c3C2=O)c1. The minimum atomic E-state index is -1.12. The number of hydrogen-bond acceptors (Lipinski definition) is 5. The number of nitrogens with zero attached hydrogens (tertiary/aromatic N) is 2. The van der Waals surface area contributed by atoms with E-state index in [1.807, 2.05) is 39.0 Å². The Morgan fingerprint density at radius 1 is 1.10 bits per heavy atom. The van der Waals surface area contributed by atoms with Crippen LogP contribution < -0.4 is 5.32 Å². The molecule has 3 rings (SSSR count). The van der Waals surface area contributed by atoms with Crippen LogP contribution in [0, 0.1) is 24.0 Å². The van der Waals surface area contributed by atoms with Crippen molar-refractivity contribution >= 4 is 23.4 Å². The second kappa shape index (κ2) is 7.46. The number of benzene rings is 2. The van der Waals surface area contributed by atoms with Crippen LogP contribution in [0.15, 0.2) is 36.4 Å². The lowest BCUT2D eigenvalue weighted by Crippen LogP contribution is -2.48. The van der Waals surface area contributed by atoms with Gasteiger partial charge in [-0.1, -0.05) is 29.8 Å². The molecule has 2 unspecified atom stereocenters. The molecule has 0 bridgehead atoms. The first-order valence-corrected chi connectivity index (χ1v) is 9.16. The maximum Gasteiger partial charge on any atom is 0.282 e.